The Balaban J connectivity index is 2.01. The van der Waals surface area contributed by atoms with Gasteiger partial charge in [0.15, 0.2) is 21.0 Å². The Kier molecular flexibility index (Phi) is 9.28. The third-order valence-corrected chi connectivity index (χ3v) is 9.29. The van der Waals surface area contributed by atoms with Crippen LogP contribution in [0.4, 0.5) is 0 Å². The van der Waals surface area contributed by atoms with Gasteiger partial charge in [-0.25, -0.2) is 0 Å². The fourth-order valence-electron chi connectivity index (χ4n) is 4.53. The Bertz CT molecular complexity index is 1900. The number of benzene rings is 2. The van der Waals surface area contributed by atoms with Gasteiger partial charge < -0.3 is 19.7 Å². The molecule has 0 radical (unpaired) electrons. The largest absolute Gasteiger partial charge is 0.494 e. The molecule has 0 saturated carbocycles. The molecule has 0 aliphatic rings. The minimum Gasteiger partial charge on any atom is -0.494 e. The number of aromatic nitrogens is 4. The zero-order chi connectivity index (χ0) is 31.2. The lowest BCUT2D eigenvalue weighted by atomic mass is 9.86. The van der Waals surface area contributed by atoms with E-state index in [4.69, 9.17) is 57.1 Å². The second-order valence-corrected chi connectivity index (χ2v) is 11.8. The number of nitrogens with zero attached hydrogens (tertiary/aromatic N) is 4. The maximum absolute atomic E-state index is 13.6. The van der Waals surface area contributed by atoms with Crippen molar-refractivity contribution in [2.75, 3.05) is 7.11 Å². The zero-order valence-corrected chi connectivity index (χ0v) is 27.7. The van der Waals surface area contributed by atoms with E-state index in [-0.39, 0.29) is 33.0 Å². The van der Waals surface area contributed by atoms with Crippen LogP contribution in [0.3, 0.4) is 0 Å². The average Bonchev–Trinajstić information content (AvgIpc) is 2.96. The van der Waals surface area contributed by atoms with Crippen molar-refractivity contribution in [2.24, 2.45) is 28.2 Å². The maximum Gasteiger partial charge on any atom is 0.262 e. The summed E-state index contributed by atoms with van der Waals surface area (Å²) in [7, 11) is 7.30. The summed E-state index contributed by atoms with van der Waals surface area (Å²) in [5.74, 6) is -1.69. The molecule has 10 nitrogen and oxygen atoms in total. The number of hydrogen-bond acceptors (Lipinski definition) is 8. The predicted molar refractivity (Wildman–Crippen MR) is 169 cm³/mol. The highest BCUT2D eigenvalue weighted by Gasteiger charge is 2.33. The van der Waals surface area contributed by atoms with Crippen LogP contribution in [0.1, 0.15) is 28.2 Å². The van der Waals surface area contributed by atoms with Crippen LogP contribution in [0.5, 0.6) is 23.3 Å². The van der Waals surface area contributed by atoms with Crippen molar-refractivity contribution in [2.45, 2.75) is 12.5 Å². The van der Waals surface area contributed by atoms with Gasteiger partial charge in [0.25, 0.3) is 11.1 Å². The van der Waals surface area contributed by atoms with Gasteiger partial charge in [-0.05, 0) is 75.8 Å². The summed E-state index contributed by atoms with van der Waals surface area (Å²) in [4.78, 5) is 27.3. The summed E-state index contributed by atoms with van der Waals surface area (Å²) < 4.78 is 17.0. The summed E-state index contributed by atoms with van der Waals surface area (Å²) >= 11 is 26.3. The average molecular weight is 716 g/mol. The summed E-state index contributed by atoms with van der Waals surface area (Å²) in [6, 6.07) is 8.27. The van der Waals surface area contributed by atoms with Crippen molar-refractivity contribution in [3.8, 4) is 23.3 Å². The molecule has 222 valence electrons. The monoisotopic (exact) mass is 714 g/mol. The third kappa shape index (κ3) is 5.51. The number of hydrogen-bond donors (Lipinski definition) is 2. The van der Waals surface area contributed by atoms with Crippen LogP contribution < -0.4 is 20.6 Å². The molecule has 0 fully saturated rings. The minimum absolute atomic E-state index is 0.0494. The molecular weight excluding hydrogens is 691 g/mol. The fourth-order valence-corrected chi connectivity index (χ4v) is 5.77. The molecule has 0 unspecified atom stereocenters. The van der Waals surface area contributed by atoms with Crippen LogP contribution in [0, 0.1) is 9.54 Å². The molecule has 0 aliphatic carbocycles. The van der Waals surface area contributed by atoms with Gasteiger partial charge in [-0.15, -0.1) is 0 Å². The molecule has 0 amide bonds. The van der Waals surface area contributed by atoms with E-state index < -0.39 is 28.8 Å². The quantitative estimate of drug-likeness (QED) is 0.243. The van der Waals surface area contributed by atoms with E-state index in [1.165, 1.54) is 53.6 Å². The van der Waals surface area contributed by atoms with Crippen molar-refractivity contribution in [1.82, 2.24) is 18.3 Å². The van der Waals surface area contributed by atoms with Crippen molar-refractivity contribution in [3.63, 3.8) is 0 Å². The van der Waals surface area contributed by atoms with E-state index in [9.17, 15) is 19.8 Å². The lowest BCUT2D eigenvalue weighted by molar-refractivity contribution is 0.282. The topological polar surface area (TPSA) is 113 Å². The van der Waals surface area contributed by atoms with E-state index >= 15 is 0 Å². The van der Waals surface area contributed by atoms with Crippen molar-refractivity contribution < 1.29 is 19.7 Å². The summed E-state index contributed by atoms with van der Waals surface area (Å²) in [6.45, 7) is 0.115. The molecule has 0 bridgehead atoms. The van der Waals surface area contributed by atoms with Gasteiger partial charge in [0, 0.05) is 28.2 Å². The molecule has 2 heterocycles. The number of halogens is 3. The van der Waals surface area contributed by atoms with Gasteiger partial charge in [0.1, 0.15) is 6.61 Å². The van der Waals surface area contributed by atoms with Gasteiger partial charge in [-0.2, -0.15) is 0 Å². The smallest absolute Gasteiger partial charge is 0.262 e. The molecule has 0 saturated heterocycles. The van der Waals surface area contributed by atoms with Crippen LogP contribution in [0.25, 0.3) is 0 Å². The summed E-state index contributed by atoms with van der Waals surface area (Å²) in [5.41, 5.74) is -0.665. The Morgan fingerprint density at radius 3 is 1.86 bits per heavy atom. The highest BCUT2D eigenvalue weighted by molar-refractivity contribution is 9.10. The van der Waals surface area contributed by atoms with Crippen LogP contribution >= 0.6 is 63.6 Å². The van der Waals surface area contributed by atoms with E-state index in [2.05, 4.69) is 15.9 Å². The van der Waals surface area contributed by atoms with E-state index in [1.807, 2.05) is 0 Å². The van der Waals surface area contributed by atoms with E-state index in [0.717, 1.165) is 5.56 Å². The van der Waals surface area contributed by atoms with Crippen molar-refractivity contribution >= 4 is 63.6 Å². The first kappa shape index (κ1) is 31.8. The van der Waals surface area contributed by atoms with Crippen LogP contribution in [-0.2, 0) is 34.8 Å². The first-order valence-corrected chi connectivity index (χ1v) is 14.5. The van der Waals surface area contributed by atoms with Gasteiger partial charge in [0.05, 0.1) is 38.7 Å². The molecule has 4 rings (SSSR count). The standard InChI is InChI=1S/C27H25BrCl2N4O6S2/c1-31-22(35)19(23(36)32(2)26(31)41)18(20-24(37)33(3)27(42)34(4)25(20)38)13-9-14(28)21(17(10-13)39-5)40-11-12-6-7-15(29)16(30)8-12/h6-10,18,35,37H,11H2,1-5H3. The second kappa shape index (κ2) is 12.3. The molecule has 2 aromatic carbocycles. The van der Waals surface area contributed by atoms with Crippen molar-refractivity contribution in [3.05, 3.63) is 97.4 Å². The van der Waals surface area contributed by atoms with E-state index in [0.29, 0.717) is 25.8 Å². The Labute approximate surface area is 268 Å². The number of methoxy groups -OCH3 is 1. The zero-order valence-electron chi connectivity index (χ0n) is 22.9. The Morgan fingerprint density at radius 1 is 0.857 bits per heavy atom. The van der Waals surface area contributed by atoms with Gasteiger partial charge in [-0.3, -0.25) is 27.9 Å². The predicted octanol–water partition coefficient (Wildman–Crippen LogP) is 5.47. The molecule has 2 aromatic heterocycles. The number of aromatic hydroxyl groups is 2. The molecule has 0 atom stereocenters. The summed E-state index contributed by atoms with van der Waals surface area (Å²) in [5, 5.41) is 23.2. The van der Waals surface area contributed by atoms with Crippen LogP contribution in [-0.4, -0.2) is 35.6 Å². The lowest BCUT2D eigenvalue weighted by Gasteiger charge is -2.24. The lowest BCUT2D eigenvalue weighted by Crippen LogP contribution is -2.33. The first-order chi connectivity index (χ1) is 19.7. The van der Waals surface area contributed by atoms with Crippen LogP contribution in [0.15, 0.2) is 44.4 Å². The normalized spacial score (nSPS) is 11.3. The highest BCUT2D eigenvalue weighted by atomic mass is 79.9. The fraction of sp³-hybridized carbons (Fsp3) is 0.259. The maximum atomic E-state index is 13.6. The molecule has 42 heavy (non-hydrogen) atoms. The molecule has 0 spiro atoms. The van der Waals surface area contributed by atoms with E-state index in [1.54, 1.807) is 30.3 Å². The van der Waals surface area contributed by atoms with Gasteiger partial charge in [0.2, 0.25) is 11.8 Å². The van der Waals surface area contributed by atoms with Crippen LogP contribution in [0.2, 0.25) is 10.0 Å². The van der Waals surface area contributed by atoms with Crippen molar-refractivity contribution in [1.29, 1.82) is 0 Å². The molecule has 0 aliphatic heterocycles. The van der Waals surface area contributed by atoms with Gasteiger partial charge in [-0.1, -0.05) is 29.3 Å². The number of ether oxygens (including phenoxy) is 2. The highest BCUT2D eigenvalue weighted by Crippen LogP contribution is 2.44. The third-order valence-electron chi connectivity index (χ3n) is 6.86. The summed E-state index contributed by atoms with van der Waals surface area (Å²) in [6.07, 6.45) is 0. The SMILES string of the molecule is COc1cc(C(c2c(O)n(C)c(=S)n(C)c2=O)c2c(O)n(C)c(=S)n(C)c2=O)cc(Br)c1OCc1ccc(Cl)c(Cl)c1. The molecule has 15 heteroatoms. The van der Waals surface area contributed by atoms with Gasteiger partial charge >= 0.3 is 0 Å². The molecule has 4 aromatic rings. The Morgan fingerprint density at radius 2 is 1.38 bits per heavy atom. The minimum atomic E-state index is -1.29. The second-order valence-electron chi connectivity index (χ2n) is 9.39. The Hall–Kier alpha value is -3.10. The number of rotatable bonds is 7. The first-order valence-electron chi connectivity index (χ1n) is 12.1. The molecule has 2 N–H and O–H groups in total. The molecular formula is C27H25BrCl2N4O6S2.